The van der Waals surface area contributed by atoms with Crippen molar-refractivity contribution in [2.75, 3.05) is 13.1 Å². The van der Waals surface area contributed by atoms with Crippen LogP contribution in [-0.2, 0) is 10.0 Å². The van der Waals surface area contributed by atoms with Gasteiger partial charge in [0, 0.05) is 17.6 Å². The molecule has 6 nitrogen and oxygen atoms in total. The van der Waals surface area contributed by atoms with Gasteiger partial charge in [0.2, 0.25) is 10.0 Å². The lowest BCUT2D eigenvalue weighted by atomic mass is 10.2. The molecule has 94 valence electrons. The molecule has 0 aliphatic heterocycles. The van der Waals surface area contributed by atoms with Gasteiger partial charge in [0.25, 0.3) is 0 Å². The Bertz CT molecular complexity index is 530. The van der Waals surface area contributed by atoms with E-state index in [0.29, 0.717) is 0 Å². The molecule has 0 heterocycles. The van der Waals surface area contributed by atoms with Crippen LogP contribution in [0.5, 0.6) is 0 Å². The van der Waals surface area contributed by atoms with E-state index in [2.05, 4.69) is 20.7 Å². The Hall–Kier alpha value is -0.960. The van der Waals surface area contributed by atoms with Crippen LogP contribution >= 0.6 is 15.9 Å². The molecule has 0 aromatic heterocycles. The lowest BCUT2D eigenvalue weighted by Gasteiger charge is -2.08. The van der Waals surface area contributed by atoms with Crippen LogP contribution in [0.25, 0.3) is 0 Å². The van der Waals surface area contributed by atoms with E-state index < -0.39 is 16.0 Å². The third-order valence-electron chi connectivity index (χ3n) is 1.90. The first-order chi connectivity index (χ1) is 7.88. The molecule has 0 amide bonds. The molecule has 0 atom stereocenters. The number of rotatable bonds is 5. The third-order valence-corrected chi connectivity index (χ3v) is 4.34. The van der Waals surface area contributed by atoms with Crippen molar-refractivity contribution in [3.05, 3.63) is 28.2 Å². The highest BCUT2D eigenvalue weighted by Crippen LogP contribution is 2.23. The summed E-state index contributed by atoms with van der Waals surface area (Å²) < 4.78 is 26.0. The summed E-state index contributed by atoms with van der Waals surface area (Å²) in [6.07, 6.45) is 0. The van der Waals surface area contributed by atoms with E-state index in [0.717, 1.165) is 0 Å². The highest BCUT2D eigenvalue weighted by molar-refractivity contribution is 9.10. The van der Waals surface area contributed by atoms with Crippen LogP contribution in [0, 0.1) is 0 Å². The Morgan fingerprint density at radius 1 is 1.47 bits per heavy atom. The van der Waals surface area contributed by atoms with Crippen LogP contribution in [0.1, 0.15) is 10.4 Å². The van der Waals surface area contributed by atoms with Gasteiger partial charge in [-0.05, 0) is 34.1 Å². The van der Waals surface area contributed by atoms with Gasteiger partial charge in [-0.2, -0.15) is 0 Å². The first kappa shape index (κ1) is 14.1. The summed E-state index contributed by atoms with van der Waals surface area (Å²) in [7, 11) is -3.67. The van der Waals surface area contributed by atoms with Gasteiger partial charge < -0.3 is 10.8 Å². The number of carboxylic acids is 1. The molecule has 0 spiro atoms. The summed E-state index contributed by atoms with van der Waals surface area (Å²) in [5.41, 5.74) is 5.21. The van der Waals surface area contributed by atoms with E-state index in [-0.39, 0.29) is 28.0 Å². The molecule has 17 heavy (non-hydrogen) atoms. The average molecular weight is 323 g/mol. The molecule has 0 aliphatic rings. The van der Waals surface area contributed by atoms with Crippen molar-refractivity contribution in [1.29, 1.82) is 0 Å². The van der Waals surface area contributed by atoms with E-state index >= 15 is 0 Å². The molecule has 0 bridgehead atoms. The zero-order valence-corrected chi connectivity index (χ0v) is 11.1. The van der Waals surface area contributed by atoms with Gasteiger partial charge >= 0.3 is 5.97 Å². The summed E-state index contributed by atoms with van der Waals surface area (Å²) in [5.74, 6) is -1.12. The normalized spacial score (nSPS) is 11.4. The lowest BCUT2D eigenvalue weighted by molar-refractivity contribution is 0.0696. The van der Waals surface area contributed by atoms with Crippen molar-refractivity contribution in [2.45, 2.75) is 4.90 Å². The molecule has 0 unspecified atom stereocenters. The molecule has 0 aliphatic carbocycles. The average Bonchev–Trinajstić information content (AvgIpc) is 2.25. The first-order valence-corrected chi connectivity index (χ1v) is 6.88. The number of nitrogens with two attached hydrogens (primary N) is 1. The van der Waals surface area contributed by atoms with E-state index in [1.165, 1.54) is 18.2 Å². The minimum Gasteiger partial charge on any atom is -0.478 e. The predicted octanol–water partition coefficient (Wildman–Crippen LogP) is 0.384. The second-order valence-electron chi connectivity index (χ2n) is 3.14. The smallest absolute Gasteiger partial charge is 0.335 e. The van der Waals surface area contributed by atoms with E-state index in [1.54, 1.807) is 0 Å². The number of nitrogens with one attached hydrogen (secondary N) is 1. The third kappa shape index (κ3) is 3.50. The second kappa shape index (κ2) is 5.58. The SMILES string of the molecule is NCCNS(=O)(=O)c1ccc(C(=O)O)cc1Br. The summed E-state index contributed by atoms with van der Waals surface area (Å²) in [6, 6.07) is 3.69. The van der Waals surface area contributed by atoms with Crippen molar-refractivity contribution in [1.82, 2.24) is 4.72 Å². The quantitative estimate of drug-likeness (QED) is 0.726. The number of benzene rings is 1. The number of halogens is 1. The lowest BCUT2D eigenvalue weighted by Crippen LogP contribution is -2.29. The summed E-state index contributed by atoms with van der Waals surface area (Å²) >= 11 is 3.03. The van der Waals surface area contributed by atoms with Crippen LogP contribution in [0.2, 0.25) is 0 Å². The zero-order chi connectivity index (χ0) is 13.1. The standard InChI is InChI=1S/C9H11BrN2O4S/c10-7-5-6(9(13)14)1-2-8(7)17(15,16)12-4-3-11/h1-2,5,12H,3-4,11H2,(H,13,14). The van der Waals surface area contributed by atoms with Crippen LogP contribution in [0.3, 0.4) is 0 Å². The van der Waals surface area contributed by atoms with Gasteiger partial charge in [0.05, 0.1) is 10.5 Å². The summed E-state index contributed by atoms with van der Waals surface area (Å²) in [6.45, 7) is 0.305. The number of carboxylic acid groups (broad SMARTS) is 1. The van der Waals surface area contributed by atoms with Crippen molar-refractivity contribution in [3.63, 3.8) is 0 Å². The molecule has 0 radical (unpaired) electrons. The largest absolute Gasteiger partial charge is 0.478 e. The van der Waals surface area contributed by atoms with Gasteiger partial charge in [-0.15, -0.1) is 0 Å². The maximum atomic E-state index is 11.7. The van der Waals surface area contributed by atoms with E-state index in [9.17, 15) is 13.2 Å². The Morgan fingerprint density at radius 2 is 2.12 bits per heavy atom. The fraction of sp³-hybridized carbons (Fsp3) is 0.222. The number of sulfonamides is 1. The van der Waals surface area contributed by atoms with Gasteiger partial charge in [-0.3, -0.25) is 0 Å². The zero-order valence-electron chi connectivity index (χ0n) is 8.68. The topological polar surface area (TPSA) is 109 Å². The molecule has 1 aromatic carbocycles. The number of hydrogen-bond acceptors (Lipinski definition) is 4. The van der Waals surface area contributed by atoms with Crippen molar-refractivity contribution in [3.8, 4) is 0 Å². The minimum absolute atomic E-state index is 0.00894. The number of carbonyl (C=O) groups is 1. The molecule has 0 fully saturated rings. The molecular weight excluding hydrogens is 312 g/mol. The maximum Gasteiger partial charge on any atom is 0.335 e. The molecule has 8 heteroatoms. The summed E-state index contributed by atoms with van der Waals surface area (Å²) in [4.78, 5) is 10.7. The Labute approximate surface area is 107 Å². The molecule has 1 aromatic rings. The van der Waals surface area contributed by atoms with Crippen molar-refractivity contribution >= 4 is 31.9 Å². The van der Waals surface area contributed by atoms with E-state index in [1.807, 2.05) is 0 Å². The van der Waals surface area contributed by atoms with Crippen molar-refractivity contribution in [2.24, 2.45) is 5.73 Å². The van der Waals surface area contributed by atoms with Gasteiger partial charge in [-0.25, -0.2) is 17.9 Å². The Morgan fingerprint density at radius 3 is 2.59 bits per heavy atom. The monoisotopic (exact) mass is 322 g/mol. The second-order valence-corrected chi connectivity index (χ2v) is 5.73. The fourth-order valence-corrected chi connectivity index (χ4v) is 3.25. The van der Waals surface area contributed by atoms with E-state index in [4.69, 9.17) is 10.8 Å². The first-order valence-electron chi connectivity index (χ1n) is 4.61. The molecule has 0 saturated heterocycles. The Kier molecular flexibility index (Phi) is 4.63. The van der Waals surface area contributed by atoms with Crippen LogP contribution in [0.15, 0.2) is 27.6 Å². The highest BCUT2D eigenvalue weighted by atomic mass is 79.9. The van der Waals surface area contributed by atoms with Crippen LogP contribution in [0.4, 0.5) is 0 Å². The van der Waals surface area contributed by atoms with Gasteiger partial charge in [-0.1, -0.05) is 0 Å². The fourth-order valence-electron chi connectivity index (χ4n) is 1.12. The predicted molar refractivity (Wildman–Crippen MR) is 65.3 cm³/mol. The maximum absolute atomic E-state index is 11.7. The van der Waals surface area contributed by atoms with Crippen molar-refractivity contribution < 1.29 is 18.3 Å². The van der Waals surface area contributed by atoms with Crippen LogP contribution < -0.4 is 10.5 Å². The number of hydrogen-bond donors (Lipinski definition) is 3. The summed E-state index contributed by atoms with van der Waals surface area (Å²) in [5, 5.41) is 8.74. The number of aromatic carboxylic acids is 1. The Balaban J connectivity index is 3.12. The minimum atomic E-state index is -3.67. The molecular formula is C9H11BrN2O4S. The molecule has 4 N–H and O–H groups in total. The van der Waals surface area contributed by atoms with Gasteiger partial charge in [0.15, 0.2) is 0 Å². The van der Waals surface area contributed by atoms with Gasteiger partial charge in [0.1, 0.15) is 0 Å². The van der Waals surface area contributed by atoms with Crippen LogP contribution in [-0.4, -0.2) is 32.6 Å². The molecule has 0 saturated carbocycles. The molecule has 1 rings (SSSR count). The highest BCUT2D eigenvalue weighted by Gasteiger charge is 2.18.